The molecule has 0 saturated carbocycles. The summed E-state index contributed by atoms with van der Waals surface area (Å²) in [5.41, 5.74) is 5.13. The number of halogens is 6. The fourth-order valence-corrected chi connectivity index (χ4v) is 2.21. The molecule has 2 aromatic carbocycles. The number of benzene rings is 2. The molecular weight excluding hydrogens is 378 g/mol. The standard InChI is InChI=1S/C17H14F6N2O2/c1-25(15(26)17(21,22)23)9-10-8-12(24)4-7-14(10)27-13-5-2-11(3-6-13)16(18,19)20/h2-8H,9,24H2,1H3. The number of carbonyl (C=O) groups excluding carboxylic acids is 1. The van der Waals surface area contributed by atoms with E-state index < -0.39 is 30.4 Å². The molecule has 0 radical (unpaired) electrons. The van der Waals surface area contributed by atoms with E-state index in [0.717, 1.165) is 31.3 Å². The first-order valence-electron chi connectivity index (χ1n) is 7.43. The zero-order valence-electron chi connectivity index (χ0n) is 13.9. The van der Waals surface area contributed by atoms with Gasteiger partial charge in [-0.25, -0.2) is 0 Å². The molecule has 10 heteroatoms. The molecule has 2 rings (SSSR count). The zero-order chi connectivity index (χ0) is 20.4. The van der Waals surface area contributed by atoms with Gasteiger partial charge in [0.25, 0.3) is 0 Å². The molecule has 4 nitrogen and oxygen atoms in total. The molecule has 146 valence electrons. The molecule has 27 heavy (non-hydrogen) atoms. The van der Waals surface area contributed by atoms with Gasteiger partial charge in [0.2, 0.25) is 0 Å². The molecule has 0 spiro atoms. The van der Waals surface area contributed by atoms with Crippen LogP contribution in [0.5, 0.6) is 11.5 Å². The Labute approximate surface area is 150 Å². The summed E-state index contributed by atoms with van der Waals surface area (Å²) in [4.78, 5) is 11.7. The maximum absolute atomic E-state index is 12.6. The number of anilines is 1. The predicted octanol–water partition coefficient (Wildman–Crippen LogP) is 4.60. The van der Waals surface area contributed by atoms with E-state index in [2.05, 4.69) is 0 Å². The summed E-state index contributed by atoms with van der Waals surface area (Å²) in [7, 11) is 0.959. The second-order valence-corrected chi connectivity index (χ2v) is 5.65. The minimum Gasteiger partial charge on any atom is -0.457 e. The molecule has 0 saturated heterocycles. The average molecular weight is 392 g/mol. The number of hydrogen-bond acceptors (Lipinski definition) is 3. The fourth-order valence-electron chi connectivity index (χ4n) is 2.21. The van der Waals surface area contributed by atoms with Gasteiger partial charge in [0, 0.05) is 24.8 Å². The SMILES string of the molecule is CN(Cc1cc(N)ccc1Oc1ccc(C(F)(F)F)cc1)C(=O)C(F)(F)F. The van der Waals surface area contributed by atoms with Gasteiger partial charge in [0.05, 0.1) is 5.56 Å². The van der Waals surface area contributed by atoms with Gasteiger partial charge in [-0.3, -0.25) is 4.79 Å². The monoisotopic (exact) mass is 392 g/mol. The highest BCUT2D eigenvalue weighted by Gasteiger charge is 2.41. The van der Waals surface area contributed by atoms with E-state index in [1.165, 1.54) is 18.2 Å². The van der Waals surface area contributed by atoms with Crippen LogP contribution >= 0.6 is 0 Å². The van der Waals surface area contributed by atoms with E-state index in [9.17, 15) is 31.1 Å². The first-order chi connectivity index (χ1) is 12.4. The van der Waals surface area contributed by atoms with Crippen molar-refractivity contribution in [2.75, 3.05) is 12.8 Å². The molecule has 2 N–H and O–H groups in total. The van der Waals surface area contributed by atoms with Crippen molar-refractivity contribution >= 4 is 11.6 Å². The van der Waals surface area contributed by atoms with Gasteiger partial charge in [0.15, 0.2) is 0 Å². The van der Waals surface area contributed by atoms with Crippen molar-refractivity contribution in [3.05, 3.63) is 53.6 Å². The lowest BCUT2D eigenvalue weighted by molar-refractivity contribution is -0.184. The third-order valence-electron chi connectivity index (χ3n) is 3.49. The molecule has 0 atom stereocenters. The topological polar surface area (TPSA) is 55.6 Å². The lowest BCUT2D eigenvalue weighted by Crippen LogP contribution is -2.38. The lowest BCUT2D eigenvalue weighted by atomic mass is 10.1. The summed E-state index contributed by atoms with van der Waals surface area (Å²) in [5.74, 6) is -1.95. The molecule has 0 aliphatic rings. The Balaban J connectivity index is 2.24. The van der Waals surface area contributed by atoms with E-state index in [1.54, 1.807) is 0 Å². The highest BCUT2D eigenvalue weighted by atomic mass is 19.4. The van der Waals surface area contributed by atoms with E-state index in [-0.39, 0.29) is 22.7 Å². The van der Waals surface area contributed by atoms with Crippen molar-refractivity contribution in [1.29, 1.82) is 0 Å². The van der Waals surface area contributed by atoms with Gasteiger partial charge in [-0.1, -0.05) is 0 Å². The number of nitrogens with two attached hydrogens (primary N) is 1. The van der Waals surface area contributed by atoms with Crippen LogP contribution in [0.4, 0.5) is 32.0 Å². The molecule has 0 unspecified atom stereocenters. The Morgan fingerprint density at radius 3 is 2.15 bits per heavy atom. The molecule has 0 fully saturated rings. The van der Waals surface area contributed by atoms with Crippen LogP contribution in [-0.4, -0.2) is 24.0 Å². The minimum atomic E-state index is -5.04. The Hall–Kier alpha value is -2.91. The van der Waals surface area contributed by atoms with E-state index in [1.807, 2.05) is 0 Å². The fraction of sp³-hybridized carbons (Fsp3) is 0.235. The Bertz CT molecular complexity index is 816. The van der Waals surface area contributed by atoms with Gasteiger partial charge >= 0.3 is 18.3 Å². The van der Waals surface area contributed by atoms with Crippen molar-refractivity contribution in [2.24, 2.45) is 0 Å². The molecule has 2 aromatic rings. The number of nitrogen functional groups attached to an aromatic ring is 1. The Morgan fingerprint density at radius 2 is 1.63 bits per heavy atom. The average Bonchev–Trinajstić information content (AvgIpc) is 2.55. The number of alkyl halides is 6. The van der Waals surface area contributed by atoms with Gasteiger partial charge in [-0.15, -0.1) is 0 Å². The summed E-state index contributed by atoms with van der Waals surface area (Å²) >= 11 is 0. The number of hydrogen-bond donors (Lipinski definition) is 1. The molecule has 0 bridgehead atoms. The maximum Gasteiger partial charge on any atom is 0.471 e. The lowest BCUT2D eigenvalue weighted by Gasteiger charge is -2.20. The van der Waals surface area contributed by atoms with Crippen LogP contribution in [0.15, 0.2) is 42.5 Å². The Morgan fingerprint density at radius 1 is 1.04 bits per heavy atom. The van der Waals surface area contributed by atoms with Gasteiger partial charge < -0.3 is 15.4 Å². The van der Waals surface area contributed by atoms with Crippen molar-refractivity contribution in [3.8, 4) is 11.5 Å². The van der Waals surface area contributed by atoms with E-state index in [0.29, 0.717) is 4.90 Å². The third kappa shape index (κ3) is 5.28. The third-order valence-corrected chi connectivity index (χ3v) is 3.49. The second-order valence-electron chi connectivity index (χ2n) is 5.65. The summed E-state index contributed by atoms with van der Waals surface area (Å²) in [5, 5.41) is 0. The van der Waals surface area contributed by atoms with Crippen molar-refractivity contribution in [3.63, 3.8) is 0 Å². The molecule has 0 heterocycles. The molecule has 0 aliphatic heterocycles. The summed E-state index contributed by atoms with van der Waals surface area (Å²) in [6, 6.07) is 7.86. The highest BCUT2D eigenvalue weighted by molar-refractivity contribution is 5.81. The van der Waals surface area contributed by atoms with Crippen LogP contribution in [-0.2, 0) is 17.5 Å². The molecule has 1 amide bonds. The van der Waals surface area contributed by atoms with Crippen LogP contribution in [0.1, 0.15) is 11.1 Å². The first kappa shape index (κ1) is 20.4. The highest BCUT2D eigenvalue weighted by Crippen LogP contribution is 2.33. The summed E-state index contributed by atoms with van der Waals surface area (Å²) in [6.07, 6.45) is -9.55. The molecule has 0 aromatic heterocycles. The number of carbonyl (C=O) groups is 1. The van der Waals surface area contributed by atoms with Crippen molar-refractivity contribution in [1.82, 2.24) is 4.90 Å². The smallest absolute Gasteiger partial charge is 0.457 e. The molecule has 0 aliphatic carbocycles. The van der Waals surface area contributed by atoms with Gasteiger partial charge in [-0.05, 0) is 42.5 Å². The predicted molar refractivity (Wildman–Crippen MR) is 84.9 cm³/mol. The molecular formula is C17H14F6N2O2. The van der Waals surface area contributed by atoms with Crippen LogP contribution in [0.2, 0.25) is 0 Å². The van der Waals surface area contributed by atoms with Crippen LogP contribution in [0, 0.1) is 0 Å². The number of ether oxygens (including phenoxy) is 1. The second kappa shape index (κ2) is 7.37. The van der Waals surface area contributed by atoms with Crippen LogP contribution < -0.4 is 10.5 Å². The van der Waals surface area contributed by atoms with Gasteiger partial charge in [0.1, 0.15) is 11.5 Å². The first-order valence-corrected chi connectivity index (χ1v) is 7.43. The number of amides is 1. The normalized spacial score (nSPS) is 12.0. The minimum absolute atomic E-state index is 0.0406. The van der Waals surface area contributed by atoms with Crippen molar-refractivity contribution < 1.29 is 35.9 Å². The van der Waals surface area contributed by atoms with E-state index in [4.69, 9.17) is 10.5 Å². The Kier molecular flexibility index (Phi) is 5.57. The zero-order valence-corrected chi connectivity index (χ0v) is 13.9. The van der Waals surface area contributed by atoms with Crippen molar-refractivity contribution in [2.45, 2.75) is 18.9 Å². The maximum atomic E-state index is 12.6. The quantitative estimate of drug-likeness (QED) is 0.611. The summed E-state index contributed by atoms with van der Waals surface area (Å²) < 4.78 is 80.8. The van der Waals surface area contributed by atoms with Gasteiger partial charge in [-0.2, -0.15) is 26.3 Å². The van der Waals surface area contributed by atoms with E-state index >= 15 is 0 Å². The van der Waals surface area contributed by atoms with Crippen LogP contribution in [0.3, 0.4) is 0 Å². The number of nitrogens with zero attached hydrogens (tertiary/aromatic N) is 1. The largest absolute Gasteiger partial charge is 0.471 e. The summed E-state index contributed by atoms with van der Waals surface area (Å²) in [6.45, 7) is -0.459. The van der Waals surface area contributed by atoms with Crippen LogP contribution in [0.25, 0.3) is 0 Å². The number of rotatable bonds is 4.